The summed E-state index contributed by atoms with van der Waals surface area (Å²) in [5.41, 5.74) is 3.29. The number of hydrogen-bond acceptors (Lipinski definition) is 5. The molecule has 0 saturated heterocycles. The molecule has 1 aliphatic rings. The van der Waals surface area contributed by atoms with Gasteiger partial charge in [-0.15, -0.1) is 11.3 Å². The van der Waals surface area contributed by atoms with Crippen LogP contribution in [0.15, 0.2) is 18.2 Å². The molecule has 1 aliphatic carbocycles. The normalized spacial score (nSPS) is 15.7. The zero-order chi connectivity index (χ0) is 22.1. The number of para-hydroxylation sites is 1. The maximum Gasteiger partial charge on any atom is 0.261 e. The molecule has 0 bridgehead atoms. The Labute approximate surface area is 187 Å². The predicted molar refractivity (Wildman–Crippen MR) is 125 cm³/mol. The Morgan fingerprint density at radius 3 is 2.73 bits per heavy atom. The van der Waals surface area contributed by atoms with Crippen molar-refractivity contribution in [1.82, 2.24) is 5.32 Å². The molecule has 1 aromatic heterocycles. The lowest BCUT2D eigenvalue weighted by molar-refractivity contribution is 0.0974. The number of amides is 1. The van der Waals surface area contributed by atoms with Crippen molar-refractivity contribution in [3.05, 3.63) is 45.3 Å². The molecule has 7 heteroatoms. The Bertz CT molecular complexity index is 1030. The van der Waals surface area contributed by atoms with Crippen molar-refractivity contribution >= 4 is 39.6 Å². The first kappa shape index (κ1) is 22.3. The van der Waals surface area contributed by atoms with Crippen LogP contribution in [0.2, 0.25) is 0 Å². The van der Waals surface area contributed by atoms with Gasteiger partial charge in [0.15, 0.2) is 5.11 Å². The van der Waals surface area contributed by atoms with E-state index >= 15 is 0 Å². The highest BCUT2D eigenvalue weighted by atomic mass is 32.1. The second-order valence-corrected chi connectivity index (χ2v) is 10.2. The van der Waals surface area contributed by atoms with Gasteiger partial charge in [-0.3, -0.25) is 10.1 Å². The summed E-state index contributed by atoms with van der Waals surface area (Å²) in [6.45, 7) is 8.69. The molecule has 2 aromatic rings. The number of nitrogens with one attached hydrogen (secondary N) is 2. The lowest BCUT2D eigenvalue weighted by atomic mass is 9.72. The van der Waals surface area contributed by atoms with Gasteiger partial charge >= 0.3 is 0 Å². The first-order chi connectivity index (χ1) is 14.2. The maximum atomic E-state index is 12.7. The molecule has 0 saturated carbocycles. The molecular formula is C23H27N3O2S2. The average molecular weight is 442 g/mol. The van der Waals surface area contributed by atoms with E-state index in [4.69, 9.17) is 17.0 Å². The molecule has 2 N–H and O–H groups in total. The Kier molecular flexibility index (Phi) is 6.49. The molecule has 1 atom stereocenters. The van der Waals surface area contributed by atoms with E-state index in [0.717, 1.165) is 30.4 Å². The van der Waals surface area contributed by atoms with Gasteiger partial charge in [0.1, 0.15) is 16.8 Å². The van der Waals surface area contributed by atoms with Gasteiger partial charge in [0, 0.05) is 4.88 Å². The van der Waals surface area contributed by atoms with Gasteiger partial charge in [-0.2, -0.15) is 5.26 Å². The summed E-state index contributed by atoms with van der Waals surface area (Å²) in [5, 5.41) is 16.4. The van der Waals surface area contributed by atoms with E-state index in [9.17, 15) is 10.1 Å². The van der Waals surface area contributed by atoms with Crippen LogP contribution in [0.1, 0.15) is 59.1 Å². The fourth-order valence-corrected chi connectivity index (χ4v) is 5.48. The van der Waals surface area contributed by atoms with Crippen molar-refractivity contribution in [2.24, 2.45) is 11.3 Å². The minimum atomic E-state index is -0.347. The third kappa shape index (κ3) is 4.50. The van der Waals surface area contributed by atoms with E-state index in [2.05, 4.69) is 37.5 Å². The van der Waals surface area contributed by atoms with Crippen molar-refractivity contribution in [1.29, 1.82) is 5.26 Å². The molecule has 158 valence electrons. The van der Waals surface area contributed by atoms with Gasteiger partial charge in [-0.1, -0.05) is 32.9 Å². The summed E-state index contributed by atoms with van der Waals surface area (Å²) < 4.78 is 5.36. The van der Waals surface area contributed by atoms with Gasteiger partial charge < -0.3 is 10.1 Å². The van der Waals surface area contributed by atoms with E-state index < -0.39 is 0 Å². The highest BCUT2D eigenvalue weighted by Gasteiger charge is 2.32. The van der Waals surface area contributed by atoms with Crippen molar-refractivity contribution in [2.75, 3.05) is 12.4 Å². The number of methoxy groups -OCH3 is 1. The molecule has 0 spiro atoms. The number of carbonyl (C=O) groups excluding carboxylic acids is 1. The SMILES string of the molecule is COc1c(C)cccc1C(=O)NC(=S)Nc1sc2c(c1C#N)CC[C@@H](C(C)(C)C)C2. The molecule has 0 fully saturated rings. The number of nitrogens with zero attached hydrogens (tertiary/aromatic N) is 1. The number of thiocarbonyl (C=S) groups is 1. The molecule has 0 unspecified atom stereocenters. The number of aryl methyl sites for hydroxylation is 1. The summed E-state index contributed by atoms with van der Waals surface area (Å²) in [5.74, 6) is 0.763. The summed E-state index contributed by atoms with van der Waals surface area (Å²) in [4.78, 5) is 13.9. The third-order valence-corrected chi connectivity index (χ3v) is 7.09. The average Bonchev–Trinajstić information content (AvgIpc) is 3.02. The number of thiophene rings is 1. The van der Waals surface area contributed by atoms with Crippen LogP contribution in [0.25, 0.3) is 0 Å². The summed E-state index contributed by atoms with van der Waals surface area (Å²) in [6.07, 6.45) is 2.95. The summed E-state index contributed by atoms with van der Waals surface area (Å²) in [7, 11) is 1.54. The molecule has 0 aliphatic heterocycles. The van der Waals surface area contributed by atoms with Gasteiger partial charge in [-0.05, 0) is 66.9 Å². The monoisotopic (exact) mass is 441 g/mol. The Morgan fingerprint density at radius 1 is 1.37 bits per heavy atom. The van der Waals surface area contributed by atoms with Crippen LogP contribution in [0, 0.1) is 29.6 Å². The number of ether oxygens (including phenoxy) is 1. The first-order valence-corrected chi connectivity index (χ1v) is 11.2. The number of rotatable bonds is 3. The van der Waals surface area contributed by atoms with Crippen LogP contribution in [-0.4, -0.2) is 18.1 Å². The largest absolute Gasteiger partial charge is 0.496 e. The molecule has 1 aromatic carbocycles. The predicted octanol–water partition coefficient (Wildman–Crippen LogP) is 5.21. The lowest BCUT2D eigenvalue weighted by Crippen LogP contribution is -2.34. The van der Waals surface area contributed by atoms with E-state index in [1.807, 2.05) is 13.0 Å². The molecule has 5 nitrogen and oxygen atoms in total. The van der Waals surface area contributed by atoms with Gasteiger partial charge in [0.25, 0.3) is 5.91 Å². The Balaban J connectivity index is 1.77. The maximum absolute atomic E-state index is 12.7. The zero-order valence-electron chi connectivity index (χ0n) is 18.0. The number of fused-ring (bicyclic) bond motifs is 1. The smallest absolute Gasteiger partial charge is 0.261 e. The standard InChI is InChI=1S/C23H27N3O2S2/c1-13-7-6-8-16(19(13)28-5)20(27)25-22(29)26-21-17(12-24)15-10-9-14(23(2,3)4)11-18(15)30-21/h6-8,14H,9-11H2,1-5H3,(H2,25,26,27,29)/t14-/m1/s1. The zero-order valence-corrected chi connectivity index (χ0v) is 19.6. The molecule has 1 amide bonds. The topological polar surface area (TPSA) is 74.2 Å². The van der Waals surface area contributed by atoms with E-state index in [0.29, 0.717) is 27.8 Å². The third-order valence-electron chi connectivity index (χ3n) is 5.72. The van der Waals surface area contributed by atoms with Crippen molar-refractivity contribution in [2.45, 2.75) is 47.0 Å². The summed E-state index contributed by atoms with van der Waals surface area (Å²) in [6, 6.07) is 7.71. The van der Waals surface area contributed by atoms with Crippen LogP contribution in [-0.2, 0) is 12.8 Å². The number of nitriles is 1. The number of hydrogen-bond donors (Lipinski definition) is 2. The van der Waals surface area contributed by atoms with Crippen molar-refractivity contribution < 1.29 is 9.53 Å². The first-order valence-electron chi connectivity index (χ1n) is 9.96. The minimum absolute atomic E-state index is 0.172. The van der Waals surface area contributed by atoms with E-state index in [-0.39, 0.29) is 16.4 Å². The van der Waals surface area contributed by atoms with Crippen LogP contribution >= 0.6 is 23.6 Å². The molecule has 3 rings (SSSR count). The highest BCUT2D eigenvalue weighted by Crippen LogP contribution is 2.44. The van der Waals surface area contributed by atoms with Crippen molar-refractivity contribution in [3.63, 3.8) is 0 Å². The van der Waals surface area contributed by atoms with Crippen LogP contribution in [0.3, 0.4) is 0 Å². The quantitative estimate of drug-likeness (QED) is 0.639. The van der Waals surface area contributed by atoms with E-state index in [1.54, 1.807) is 23.5 Å². The van der Waals surface area contributed by atoms with Crippen LogP contribution < -0.4 is 15.4 Å². The van der Waals surface area contributed by atoms with Crippen LogP contribution in [0.5, 0.6) is 5.75 Å². The molecule has 0 radical (unpaired) electrons. The van der Waals surface area contributed by atoms with Gasteiger partial charge in [0.2, 0.25) is 0 Å². The fraction of sp³-hybridized carbons (Fsp3) is 0.435. The van der Waals surface area contributed by atoms with Gasteiger partial charge in [-0.25, -0.2) is 0 Å². The minimum Gasteiger partial charge on any atom is -0.496 e. The number of carbonyl (C=O) groups is 1. The summed E-state index contributed by atoms with van der Waals surface area (Å²) >= 11 is 6.94. The fourth-order valence-electron chi connectivity index (χ4n) is 3.94. The van der Waals surface area contributed by atoms with Gasteiger partial charge in [0.05, 0.1) is 18.2 Å². The molecular weight excluding hydrogens is 414 g/mol. The van der Waals surface area contributed by atoms with E-state index in [1.165, 1.54) is 12.0 Å². The lowest BCUT2D eigenvalue weighted by Gasteiger charge is -2.33. The molecule has 30 heavy (non-hydrogen) atoms. The second-order valence-electron chi connectivity index (χ2n) is 8.69. The number of anilines is 1. The highest BCUT2D eigenvalue weighted by molar-refractivity contribution is 7.80. The Hall–Kier alpha value is -2.43. The second kappa shape index (κ2) is 8.75. The van der Waals surface area contributed by atoms with Crippen LogP contribution in [0.4, 0.5) is 5.00 Å². The molecule has 1 heterocycles. The van der Waals surface area contributed by atoms with Crippen molar-refractivity contribution in [3.8, 4) is 11.8 Å². The number of benzene rings is 1. The Morgan fingerprint density at radius 2 is 2.10 bits per heavy atom.